The Morgan fingerprint density at radius 2 is 1.65 bits per heavy atom. The summed E-state index contributed by atoms with van der Waals surface area (Å²) in [5, 5.41) is 6.70. The normalized spacial score (nSPS) is 11.3. The van der Waals surface area contributed by atoms with Crippen molar-refractivity contribution in [2.24, 2.45) is 4.99 Å². The first-order valence-corrected chi connectivity index (χ1v) is 8.98. The molecule has 0 bridgehead atoms. The van der Waals surface area contributed by atoms with Gasteiger partial charge in [-0.15, -0.1) is 0 Å². The second-order valence-electron chi connectivity index (χ2n) is 5.95. The molecule has 0 aliphatic rings. The van der Waals surface area contributed by atoms with E-state index in [0.29, 0.717) is 19.7 Å². The molecule has 0 saturated heterocycles. The zero-order valence-electron chi connectivity index (χ0n) is 15.9. The molecule has 0 aromatic heterocycles. The van der Waals surface area contributed by atoms with Crippen LogP contribution in [0.2, 0.25) is 0 Å². The first-order valence-electron chi connectivity index (χ1n) is 8.98. The van der Waals surface area contributed by atoms with Crippen LogP contribution in [-0.2, 0) is 24.4 Å². The monoisotopic (exact) mass is 355 g/mol. The fourth-order valence-corrected chi connectivity index (χ4v) is 2.53. The molecule has 0 radical (unpaired) electrons. The molecular formula is C21H29N3O2. The van der Waals surface area contributed by atoms with E-state index >= 15 is 0 Å². The summed E-state index contributed by atoms with van der Waals surface area (Å²) in [5.41, 5.74) is 3.59. The van der Waals surface area contributed by atoms with E-state index in [1.54, 1.807) is 14.2 Å². The lowest BCUT2D eigenvalue weighted by atomic mass is 10.1. The molecule has 2 aromatic rings. The van der Waals surface area contributed by atoms with Gasteiger partial charge in [-0.1, -0.05) is 43.3 Å². The summed E-state index contributed by atoms with van der Waals surface area (Å²) in [6.07, 6.45) is 1.03. The largest absolute Gasteiger partial charge is 0.497 e. The molecule has 0 spiro atoms. The third-order valence-electron chi connectivity index (χ3n) is 4.01. The Hall–Kier alpha value is -2.53. The Labute approximate surface area is 156 Å². The van der Waals surface area contributed by atoms with E-state index < -0.39 is 0 Å². The molecule has 2 N–H and O–H groups in total. The molecule has 2 aromatic carbocycles. The van der Waals surface area contributed by atoms with Crippen molar-refractivity contribution in [2.45, 2.75) is 33.0 Å². The third-order valence-corrected chi connectivity index (χ3v) is 4.01. The molecule has 26 heavy (non-hydrogen) atoms. The molecule has 2 rings (SSSR count). The predicted molar refractivity (Wildman–Crippen MR) is 106 cm³/mol. The van der Waals surface area contributed by atoms with Gasteiger partial charge in [0.05, 0.1) is 13.7 Å². The summed E-state index contributed by atoms with van der Waals surface area (Å²) in [5.74, 6) is 1.63. The van der Waals surface area contributed by atoms with Crippen LogP contribution in [0.1, 0.15) is 30.0 Å². The zero-order valence-corrected chi connectivity index (χ0v) is 15.9. The van der Waals surface area contributed by atoms with Crippen molar-refractivity contribution >= 4 is 5.96 Å². The number of rotatable bonds is 9. The molecule has 0 atom stereocenters. The van der Waals surface area contributed by atoms with Crippen LogP contribution < -0.4 is 15.4 Å². The van der Waals surface area contributed by atoms with Crippen molar-refractivity contribution < 1.29 is 9.47 Å². The van der Waals surface area contributed by atoms with Crippen LogP contribution in [-0.4, -0.2) is 26.7 Å². The topological polar surface area (TPSA) is 54.9 Å². The lowest BCUT2D eigenvalue weighted by molar-refractivity contribution is 0.121. The van der Waals surface area contributed by atoms with Crippen LogP contribution in [0.4, 0.5) is 0 Å². The molecule has 0 heterocycles. The van der Waals surface area contributed by atoms with Gasteiger partial charge < -0.3 is 20.1 Å². The Morgan fingerprint density at radius 3 is 2.31 bits per heavy atom. The van der Waals surface area contributed by atoms with E-state index in [1.807, 2.05) is 36.4 Å². The van der Waals surface area contributed by atoms with Crippen LogP contribution in [0, 0.1) is 0 Å². The summed E-state index contributed by atoms with van der Waals surface area (Å²) in [7, 11) is 3.45. The van der Waals surface area contributed by atoms with Gasteiger partial charge in [-0.3, -0.25) is 4.99 Å². The number of hydrogen-bond donors (Lipinski definition) is 2. The molecule has 0 amide bonds. The van der Waals surface area contributed by atoms with E-state index in [-0.39, 0.29) is 0 Å². The molecule has 0 unspecified atom stereocenters. The number of nitrogens with one attached hydrogen (secondary N) is 2. The highest BCUT2D eigenvalue weighted by atomic mass is 16.5. The number of aliphatic imine (C=N–C) groups is 1. The fraction of sp³-hybridized carbons (Fsp3) is 0.381. The van der Waals surface area contributed by atoms with Crippen LogP contribution in [0.25, 0.3) is 0 Å². The highest BCUT2D eigenvalue weighted by Crippen LogP contribution is 2.11. The van der Waals surface area contributed by atoms with Crippen LogP contribution >= 0.6 is 0 Å². The van der Waals surface area contributed by atoms with E-state index in [1.165, 1.54) is 16.7 Å². The molecule has 140 valence electrons. The summed E-state index contributed by atoms with van der Waals surface area (Å²) in [6, 6.07) is 16.3. The second-order valence-corrected chi connectivity index (χ2v) is 5.95. The first kappa shape index (κ1) is 19.8. The molecule has 5 heteroatoms. The number of benzene rings is 2. The van der Waals surface area contributed by atoms with E-state index in [9.17, 15) is 0 Å². The van der Waals surface area contributed by atoms with Crippen molar-refractivity contribution in [3.63, 3.8) is 0 Å². The van der Waals surface area contributed by atoms with Crippen LogP contribution in [0.3, 0.4) is 0 Å². The Morgan fingerprint density at radius 1 is 0.962 bits per heavy atom. The highest BCUT2D eigenvalue weighted by molar-refractivity contribution is 5.79. The van der Waals surface area contributed by atoms with Gasteiger partial charge in [-0.2, -0.15) is 0 Å². The Kier molecular flexibility index (Phi) is 8.49. The number of ether oxygens (including phenoxy) is 2. The summed E-state index contributed by atoms with van der Waals surface area (Å²) < 4.78 is 10.9. The van der Waals surface area contributed by atoms with E-state index in [4.69, 9.17) is 9.47 Å². The fourth-order valence-electron chi connectivity index (χ4n) is 2.53. The van der Waals surface area contributed by atoms with Gasteiger partial charge in [-0.25, -0.2) is 0 Å². The van der Waals surface area contributed by atoms with Gasteiger partial charge in [0.25, 0.3) is 0 Å². The smallest absolute Gasteiger partial charge is 0.191 e. The molecule has 0 fully saturated rings. The number of nitrogens with zero attached hydrogens (tertiary/aromatic N) is 1. The average Bonchev–Trinajstić information content (AvgIpc) is 2.69. The third kappa shape index (κ3) is 6.41. The predicted octanol–water partition coefficient (Wildman–Crippen LogP) is 3.49. The van der Waals surface area contributed by atoms with E-state index in [0.717, 1.165) is 24.7 Å². The van der Waals surface area contributed by atoms with Crippen LogP contribution in [0.15, 0.2) is 53.5 Å². The maximum atomic E-state index is 5.68. The van der Waals surface area contributed by atoms with Crippen LogP contribution in [0.5, 0.6) is 5.75 Å². The molecule has 0 aliphatic carbocycles. The van der Waals surface area contributed by atoms with Crippen molar-refractivity contribution in [3.05, 3.63) is 65.2 Å². The minimum absolute atomic E-state index is 0.642. The maximum Gasteiger partial charge on any atom is 0.191 e. The first-order chi connectivity index (χ1) is 12.8. The summed E-state index contributed by atoms with van der Waals surface area (Å²) >= 11 is 0. The lowest BCUT2D eigenvalue weighted by Crippen LogP contribution is -2.36. The minimum Gasteiger partial charge on any atom is -0.497 e. The summed E-state index contributed by atoms with van der Waals surface area (Å²) in [4.78, 5) is 4.30. The van der Waals surface area contributed by atoms with Gasteiger partial charge in [0, 0.05) is 26.7 Å². The van der Waals surface area contributed by atoms with Gasteiger partial charge in [0.2, 0.25) is 0 Å². The SMILES string of the molecule is CCCOCc1ccccc1CNC(=NC)NCc1ccc(OC)cc1. The van der Waals surface area contributed by atoms with Gasteiger partial charge in [0.15, 0.2) is 5.96 Å². The van der Waals surface area contributed by atoms with Crippen molar-refractivity contribution in [2.75, 3.05) is 20.8 Å². The molecule has 5 nitrogen and oxygen atoms in total. The van der Waals surface area contributed by atoms with Crippen molar-refractivity contribution in [3.8, 4) is 5.75 Å². The molecule has 0 aliphatic heterocycles. The van der Waals surface area contributed by atoms with E-state index in [2.05, 4.69) is 34.7 Å². The van der Waals surface area contributed by atoms with Crippen molar-refractivity contribution in [1.82, 2.24) is 10.6 Å². The molecule has 0 saturated carbocycles. The highest BCUT2D eigenvalue weighted by Gasteiger charge is 2.04. The Bertz CT molecular complexity index is 684. The molecular weight excluding hydrogens is 326 g/mol. The van der Waals surface area contributed by atoms with Gasteiger partial charge in [-0.05, 0) is 35.2 Å². The zero-order chi connectivity index (χ0) is 18.6. The number of guanidine groups is 1. The Balaban J connectivity index is 1.86. The summed E-state index contributed by atoms with van der Waals surface area (Å²) in [6.45, 7) is 4.95. The van der Waals surface area contributed by atoms with Gasteiger partial charge >= 0.3 is 0 Å². The average molecular weight is 355 g/mol. The minimum atomic E-state index is 0.642. The number of hydrogen-bond acceptors (Lipinski definition) is 3. The quantitative estimate of drug-likeness (QED) is 0.411. The lowest BCUT2D eigenvalue weighted by Gasteiger charge is -2.14. The van der Waals surface area contributed by atoms with Crippen molar-refractivity contribution in [1.29, 1.82) is 0 Å². The number of methoxy groups -OCH3 is 1. The van der Waals surface area contributed by atoms with Gasteiger partial charge in [0.1, 0.15) is 5.75 Å². The maximum absolute atomic E-state index is 5.68. The standard InChI is InChI=1S/C21H29N3O2/c1-4-13-26-16-19-8-6-5-7-18(19)15-24-21(22-2)23-14-17-9-11-20(25-3)12-10-17/h5-12H,4,13-16H2,1-3H3,(H2,22,23,24). The second kappa shape index (κ2) is 11.2.